The Kier molecular flexibility index (Phi) is 4.29. The largest absolute Gasteiger partial charge is 0.487 e. The predicted molar refractivity (Wildman–Crippen MR) is 81.0 cm³/mol. The molecule has 2 aromatic carbocycles. The third-order valence-corrected chi connectivity index (χ3v) is 3.31. The monoisotopic (exact) mass is 308 g/mol. The number of nitriles is 1. The Morgan fingerprint density at radius 1 is 1.09 bits per heavy atom. The van der Waals surface area contributed by atoms with Gasteiger partial charge in [-0.3, -0.25) is 0 Å². The minimum absolute atomic E-state index is 0.182. The van der Waals surface area contributed by atoms with Gasteiger partial charge in [-0.1, -0.05) is 35.5 Å². The van der Waals surface area contributed by atoms with E-state index in [4.69, 9.17) is 10.00 Å². The minimum atomic E-state index is -0.294. The van der Waals surface area contributed by atoms with Crippen molar-refractivity contribution in [3.8, 4) is 11.8 Å². The van der Waals surface area contributed by atoms with Gasteiger partial charge < -0.3 is 4.74 Å². The zero-order valence-corrected chi connectivity index (χ0v) is 12.2. The molecular formula is C17H13FN4O. The maximum atomic E-state index is 13.0. The van der Waals surface area contributed by atoms with E-state index in [1.807, 2.05) is 36.4 Å². The molecule has 1 aromatic heterocycles. The van der Waals surface area contributed by atoms with Crippen LogP contribution in [-0.4, -0.2) is 15.0 Å². The van der Waals surface area contributed by atoms with Crippen LogP contribution >= 0.6 is 0 Å². The van der Waals surface area contributed by atoms with E-state index in [-0.39, 0.29) is 18.1 Å². The van der Waals surface area contributed by atoms with Gasteiger partial charge in [0.25, 0.3) is 0 Å². The zero-order valence-electron chi connectivity index (χ0n) is 12.2. The first-order chi connectivity index (χ1) is 11.3. The molecule has 0 atom stereocenters. The van der Waals surface area contributed by atoms with E-state index >= 15 is 0 Å². The van der Waals surface area contributed by atoms with E-state index in [2.05, 4.69) is 10.3 Å². The summed E-state index contributed by atoms with van der Waals surface area (Å²) in [4.78, 5) is 0. The van der Waals surface area contributed by atoms with Crippen molar-refractivity contribution in [3.05, 3.63) is 77.4 Å². The number of rotatable bonds is 5. The summed E-state index contributed by atoms with van der Waals surface area (Å²) in [6.07, 6.45) is 0. The molecule has 0 amide bonds. The Hall–Kier alpha value is -3.20. The molecule has 0 radical (unpaired) electrons. The van der Waals surface area contributed by atoms with E-state index in [1.165, 1.54) is 12.1 Å². The fourth-order valence-electron chi connectivity index (χ4n) is 2.12. The predicted octanol–water partition coefficient (Wildman–Crippen LogP) is 2.92. The van der Waals surface area contributed by atoms with Crippen LogP contribution in [0.4, 0.5) is 4.39 Å². The van der Waals surface area contributed by atoms with Crippen LogP contribution in [0, 0.1) is 17.1 Å². The first-order valence-electron chi connectivity index (χ1n) is 7.01. The maximum Gasteiger partial charge on any atom is 0.189 e. The second kappa shape index (κ2) is 6.71. The van der Waals surface area contributed by atoms with Crippen molar-refractivity contribution in [1.29, 1.82) is 5.26 Å². The Morgan fingerprint density at radius 3 is 2.52 bits per heavy atom. The standard InChI is InChI=1S/C17H13FN4O/c18-14-8-6-13(7-9-14)11-22-17(16(10-19)20-21-22)12-23-15-4-2-1-3-5-15/h1-9H,11-12H2. The van der Waals surface area contributed by atoms with Crippen LogP contribution in [0.3, 0.4) is 0 Å². The quantitative estimate of drug-likeness (QED) is 0.727. The molecule has 0 saturated heterocycles. The van der Waals surface area contributed by atoms with Crippen molar-refractivity contribution in [1.82, 2.24) is 15.0 Å². The highest BCUT2D eigenvalue weighted by Crippen LogP contribution is 2.14. The lowest BCUT2D eigenvalue weighted by atomic mass is 10.2. The van der Waals surface area contributed by atoms with Gasteiger partial charge in [-0.25, -0.2) is 9.07 Å². The zero-order chi connectivity index (χ0) is 16.1. The summed E-state index contributed by atoms with van der Waals surface area (Å²) < 4.78 is 20.2. The lowest BCUT2D eigenvalue weighted by Crippen LogP contribution is -2.10. The van der Waals surface area contributed by atoms with Crippen molar-refractivity contribution in [2.75, 3.05) is 0 Å². The molecular weight excluding hydrogens is 295 g/mol. The Labute approximate surface area is 132 Å². The molecule has 0 aliphatic rings. The van der Waals surface area contributed by atoms with Gasteiger partial charge in [0.05, 0.1) is 6.54 Å². The Balaban J connectivity index is 1.80. The van der Waals surface area contributed by atoms with Crippen LogP contribution in [0.5, 0.6) is 5.75 Å². The highest BCUT2D eigenvalue weighted by molar-refractivity contribution is 5.27. The fraction of sp³-hybridized carbons (Fsp3) is 0.118. The third kappa shape index (κ3) is 3.52. The fourth-order valence-corrected chi connectivity index (χ4v) is 2.12. The normalized spacial score (nSPS) is 10.3. The number of hydrogen-bond acceptors (Lipinski definition) is 4. The summed E-state index contributed by atoms with van der Waals surface area (Å²) >= 11 is 0. The number of halogens is 1. The van der Waals surface area contributed by atoms with Gasteiger partial charge in [0.15, 0.2) is 5.69 Å². The molecule has 0 aliphatic carbocycles. The van der Waals surface area contributed by atoms with Crippen molar-refractivity contribution in [2.45, 2.75) is 13.2 Å². The topological polar surface area (TPSA) is 63.7 Å². The van der Waals surface area contributed by atoms with Crippen LogP contribution in [0.2, 0.25) is 0 Å². The number of ether oxygens (including phenoxy) is 1. The molecule has 0 bridgehead atoms. The second-order valence-electron chi connectivity index (χ2n) is 4.88. The van der Waals surface area contributed by atoms with Gasteiger partial charge in [0, 0.05) is 0 Å². The van der Waals surface area contributed by atoms with Gasteiger partial charge >= 0.3 is 0 Å². The SMILES string of the molecule is N#Cc1nnn(Cc2ccc(F)cc2)c1COc1ccccc1. The molecule has 3 rings (SSSR count). The molecule has 0 unspecified atom stereocenters. The number of hydrogen-bond donors (Lipinski definition) is 0. The maximum absolute atomic E-state index is 13.0. The van der Waals surface area contributed by atoms with Gasteiger partial charge in [-0.05, 0) is 29.8 Å². The van der Waals surface area contributed by atoms with E-state index in [0.717, 1.165) is 5.56 Å². The molecule has 114 valence electrons. The van der Waals surface area contributed by atoms with E-state index < -0.39 is 0 Å². The number of para-hydroxylation sites is 1. The van der Waals surface area contributed by atoms with Crippen molar-refractivity contribution in [3.63, 3.8) is 0 Å². The Bertz CT molecular complexity index is 822. The highest BCUT2D eigenvalue weighted by atomic mass is 19.1. The van der Waals surface area contributed by atoms with Gasteiger partial charge in [0.2, 0.25) is 0 Å². The number of aromatic nitrogens is 3. The van der Waals surface area contributed by atoms with Gasteiger partial charge in [-0.2, -0.15) is 5.26 Å². The lowest BCUT2D eigenvalue weighted by molar-refractivity contribution is 0.293. The molecule has 0 saturated carbocycles. The average Bonchev–Trinajstić information content (AvgIpc) is 2.98. The molecule has 0 spiro atoms. The van der Waals surface area contributed by atoms with E-state index in [0.29, 0.717) is 18.0 Å². The van der Waals surface area contributed by atoms with Crippen molar-refractivity contribution < 1.29 is 9.13 Å². The molecule has 5 nitrogen and oxygen atoms in total. The lowest BCUT2D eigenvalue weighted by Gasteiger charge is -2.09. The minimum Gasteiger partial charge on any atom is -0.487 e. The first-order valence-corrected chi connectivity index (χ1v) is 7.01. The van der Waals surface area contributed by atoms with Crippen molar-refractivity contribution in [2.24, 2.45) is 0 Å². The summed E-state index contributed by atoms with van der Waals surface area (Å²) in [7, 11) is 0. The van der Waals surface area contributed by atoms with Crippen LogP contribution in [0.25, 0.3) is 0 Å². The third-order valence-electron chi connectivity index (χ3n) is 3.31. The summed E-state index contributed by atoms with van der Waals surface area (Å²) in [5.41, 5.74) is 1.67. The summed E-state index contributed by atoms with van der Waals surface area (Å²) in [6.45, 7) is 0.573. The Morgan fingerprint density at radius 2 is 1.83 bits per heavy atom. The smallest absolute Gasteiger partial charge is 0.189 e. The van der Waals surface area contributed by atoms with Crippen molar-refractivity contribution >= 4 is 0 Å². The van der Waals surface area contributed by atoms with Crippen LogP contribution < -0.4 is 4.74 Å². The van der Waals surface area contributed by atoms with E-state index in [1.54, 1.807) is 16.8 Å². The molecule has 0 N–H and O–H groups in total. The van der Waals surface area contributed by atoms with Crippen LogP contribution in [0.15, 0.2) is 54.6 Å². The molecule has 0 aliphatic heterocycles. The summed E-state index contributed by atoms with van der Waals surface area (Å²) in [5, 5.41) is 17.0. The highest BCUT2D eigenvalue weighted by Gasteiger charge is 2.14. The van der Waals surface area contributed by atoms with E-state index in [9.17, 15) is 4.39 Å². The van der Waals surface area contributed by atoms with Gasteiger partial charge in [0.1, 0.15) is 29.9 Å². The first kappa shape index (κ1) is 14.7. The molecule has 0 fully saturated rings. The van der Waals surface area contributed by atoms with Gasteiger partial charge in [-0.15, -0.1) is 5.10 Å². The number of benzene rings is 2. The van der Waals surface area contributed by atoms with Crippen LogP contribution in [0.1, 0.15) is 17.0 Å². The molecule has 6 heteroatoms. The summed E-state index contributed by atoms with van der Waals surface area (Å²) in [6, 6.07) is 17.4. The summed E-state index contributed by atoms with van der Waals surface area (Å²) in [5.74, 6) is 0.406. The average molecular weight is 308 g/mol. The molecule has 1 heterocycles. The number of nitrogens with zero attached hydrogens (tertiary/aromatic N) is 4. The molecule has 3 aromatic rings. The molecule has 23 heavy (non-hydrogen) atoms. The van der Waals surface area contributed by atoms with Crippen LogP contribution in [-0.2, 0) is 13.2 Å². The second-order valence-corrected chi connectivity index (χ2v) is 4.88.